The summed E-state index contributed by atoms with van der Waals surface area (Å²) in [6.07, 6.45) is 5.88. The molecule has 7 heteroatoms. The molecule has 3 atom stereocenters. The Morgan fingerprint density at radius 1 is 1.17 bits per heavy atom. The number of hydrogen-bond acceptors (Lipinski definition) is 4. The summed E-state index contributed by atoms with van der Waals surface area (Å²) in [6.45, 7) is 2.04. The van der Waals surface area contributed by atoms with Gasteiger partial charge in [-0.15, -0.1) is 0 Å². The van der Waals surface area contributed by atoms with E-state index in [0.29, 0.717) is 13.0 Å². The van der Waals surface area contributed by atoms with Gasteiger partial charge in [-0.2, -0.15) is 0 Å². The molecule has 160 valence electrons. The van der Waals surface area contributed by atoms with E-state index in [1.54, 1.807) is 11.8 Å². The number of hydrogen-bond donors (Lipinski definition) is 3. The summed E-state index contributed by atoms with van der Waals surface area (Å²) in [4.78, 5) is 27.3. The molecular formula is C22H33N3O4. The average molecular weight is 404 g/mol. The van der Waals surface area contributed by atoms with Crippen LogP contribution in [0.4, 0.5) is 4.79 Å². The van der Waals surface area contributed by atoms with Crippen LogP contribution in [0.15, 0.2) is 30.3 Å². The van der Waals surface area contributed by atoms with Crippen molar-refractivity contribution in [2.24, 2.45) is 0 Å². The molecule has 3 amide bonds. The fourth-order valence-electron chi connectivity index (χ4n) is 4.50. The Morgan fingerprint density at radius 3 is 2.52 bits per heavy atom. The lowest BCUT2D eigenvalue weighted by molar-refractivity contribution is -0.131. The molecule has 2 fully saturated rings. The molecule has 3 N–H and O–H groups in total. The molecule has 1 aliphatic heterocycles. The van der Waals surface area contributed by atoms with Crippen molar-refractivity contribution in [1.29, 1.82) is 0 Å². The number of nitrogens with zero attached hydrogens (tertiary/aromatic N) is 1. The maximum absolute atomic E-state index is 13.2. The van der Waals surface area contributed by atoms with Crippen LogP contribution >= 0.6 is 0 Å². The highest BCUT2D eigenvalue weighted by molar-refractivity contribution is 5.79. The first kappa shape index (κ1) is 21.6. The number of carbonyl (C=O) groups excluding carboxylic acids is 2. The standard InChI is InChI=1S/C22H33N3O4/c1-22(28)13-14-25(21(27)23-17-11-7-4-8-12-17)19(16-9-5-3-6-10-16)20(22)24-18(26)15-29-2/h3,5-6,9-10,17,19-20,28H,4,7-8,11-15H2,1-2H3,(H,23,27)(H,24,26)/t19-,20-,22+/m0/s1. The van der Waals surface area contributed by atoms with Crippen LogP contribution in [0.2, 0.25) is 0 Å². The van der Waals surface area contributed by atoms with E-state index in [0.717, 1.165) is 31.2 Å². The van der Waals surface area contributed by atoms with Gasteiger partial charge in [0.2, 0.25) is 5.91 Å². The average Bonchev–Trinajstić information content (AvgIpc) is 2.71. The predicted octanol–water partition coefficient (Wildman–Crippen LogP) is 2.36. The number of benzene rings is 1. The van der Waals surface area contributed by atoms with Gasteiger partial charge in [-0.25, -0.2) is 4.79 Å². The summed E-state index contributed by atoms with van der Waals surface area (Å²) in [5.74, 6) is -0.312. The second-order valence-electron chi connectivity index (χ2n) is 8.42. The minimum Gasteiger partial charge on any atom is -0.388 e. The van der Waals surface area contributed by atoms with E-state index in [2.05, 4.69) is 10.6 Å². The van der Waals surface area contributed by atoms with Crippen LogP contribution in [0.5, 0.6) is 0 Å². The molecule has 0 bridgehead atoms. The Hall–Kier alpha value is -2.12. The Labute approximate surface area is 172 Å². The molecule has 1 heterocycles. The quantitative estimate of drug-likeness (QED) is 0.704. The number of rotatable bonds is 5. The molecule has 0 aromatic heterocycles. The first-order chi connectivity index (χ1) is 13.9. The first-order valence-corrected chi connectivity index (χ1v) is 10.5. The Balaban J connectivity index is 1.87. The zero-order chi connectivity index (χ0) is 20.9. The van der Waals surface area contributed by atoms with Crippen molar-refractivity contribution in [1.82, 2.24) is 15.5 Å². The summed E-state index contributed by atoms with van der Waals surface area (Å²) in [5.41, 5.74) is -0.264. The van der Waals surface area contributed by atoms with Gasteiger partial charge in [-0.05, 0) is 31.7 Å². The van der Waals surface area contributed by atoms with E-state index in [1.165, 1.54) is 13.5 Å². The first-order valence-electron chi connectivity index (χ1n) is 10.5. The van der Waals surface area contributed by atoms with Crippen LogP contribution in [0, 0.1) is 0 Å². The van der Waals surface area contributed by atoms with Crippen LogP contribution in [0.25, 0.3) is 0 Å². The van der Waals surface area contributed by atoms with Gasteiger partial charge in [0.1, 0.15) is 6.61 Å². The monoisotopic (exact) mass is 403 g/mol. The van der Waals surface area contributed by atoms with E-state index in [9.17, 15) is 14.7 Å². The minimum absolute atomic E-state index is 0.0949. The summed E-state index contributed by atoms with van der Waals surface area (Å²) < 4.78 is 4.94. The SMILES string of the molecule is COCC(=O)N[C@H]1[C@H](c2ccccc2)N(C(=O)NC2CCCCC2)CC[C@@]1(C)O. The highest BCUT2D eigenvalue weighted by atomic mass is 16.5. The summed E-state index contributed by atoms with van der Waals surface area (Å²) in [7, 11) is 1.46. The van der Waals surface area contributed by atoms with Gasteiger partial charge in [0.05, 0.1) is 17.7 Å². The number of amides is 3. The molecule has 29 heavy (non-hydrogen) atoms. The number of methoxy groups -OCH3 is 1. The lowest BCUT2D eigenvalue weighted by Crippen LogP contribution is -2.65. The van der Waals surface area contributed by atoms with Gasteiger partial charge in [-0.3, -0.25) is 4.79 Å². The van der Waals surface area contributed by atoms with E-state index in [1.807, 2.05) is 30.3 Å². The molecule has 1 aromatic rings. The lowest BCUT2D eigenvalue weighted by Gasteiger charge is -2.49. The van der Waals surface area contributed by atoms with E-state index in [-0.39, 0.29) is 24.6 Å². The lowest BCUT2D eigenvalue weighted by atomic mass is 9.79. The number of ether oxygens (including phenoxy) is 1. The third kappa shape index (κ3) is 5.28. The van der Waals surface area contributed by atoms with E-state index >= 15 is 0 Å². The number of piperidine rings is 1. The van der Waals surface area contributed by atoms with Gasteiger partial charge in [0, 0.05) is 19.7 Å². The van der Waals surface area contributed by atoms with Gasteiger partial charge < -0.3 is 25.4 Å². The van der Waals surface area contributed by atoms with Gasteiger partial charge in [0.15, 0.2) is 0 Å². The number of carbonyl (C=O) groups is 2. The topological polar surface area (TPSA) is 90.9 Å². The maximum Gasteiger partial charge on any atom is 0.318 e. The predicted molar refractivity (Wildman–Crippen MR) is 110 cm³/mol. The normalized spacial score (nSPS) is 28.0. The molecule has 0 unspecified atom stereocenters. The van der Waals surface area contributed by atoms with Crippen LogP contribution in [-0.4, -0.2) is 59.9 Å². The van der Waals surface area contributed by atoms with Crippen molar-refractivity contribution >= 4 is 11.9 Å². The molecular weight excluding hydrogens is 370 g/mol. The van der Waals surface area contributed by atoms with Gasteiger partial charge in [-0.1, -0.05) is 49.6 Å². The van der Waals surface area contributed by atoms with Crippen molar-refractivity contribution in [2.75, 3.05) is 20.3 Å². The zero-order valence-electron chi connectivity index (χ0n) is 17.4. The molecule has 1 aromatic carbocycles. The van der Waals surface area contributed by atoms with Crippen molar-refractivity contribution in [3.63, 3.8) is 0 Å². The van der Waals surface area contributed by atoms with Gasteiger partial charge >= 0.3 is 6.03 Å². The third-order valence-electron chi connectivity index (χ3n) is 6.11. The molecule has 2 aliphatic rings. The second-order valence-corrected chi connectivity index (χ2v) is 8.42. The van der Waals surface area contributed by atoms with E-state index < -0.39 is 17.7 Å². The Morgan fingerprint density at radius 2 is 1.86 bits per heavy atom. The number of aliphatic hydroxyl groups is 1. The summed E-state index contributed by atoms with van der Waals surface area (Å²) >= 11 is 0. The maximum atomic E-state index is 13.2. The molecule has 3 rings (SSSR count). The largest absolute Gasteiger partial charge is 0.388 e. The van der Waals surface area contributed by atoms with Crippen molar-refractivity contribution < 1.29 is 19.4 Å². The van der Waals surface area contributed by atoms with Crippen LogP contribution < -0.4 is 10.6 Å². The highest BCUT2D eigenvalue weighted by Gasteiger charge is 2.47. The molecule has 1 saturated carbocycles. The number of likely N-dealkylation sites (tertiary alicyclic amines) is 1. The van der Waals surface area contributed by atoms with Crippen molar-refractivity contribution in [2.45, 2.75) is 69.2 Å². The fraction of sp³-hybridized carbons (Fsp3) is 0.636. The molecule has 1 aliphatic carbocycles. The molecule has 7 nitrogen and oxygen atoms in total. The molecule has 0 radical (unpaired) electrons. The van der Waals surface area contributed by atoms with Crippen LogP contribution in [-0.2, 0) is 9.53 Å². The molecule has 1 saturated heterocycles. The molecule has 0 spiro atoms. The van der Waals surface area contributed by atoms with Gasteiger partial charge in [0.25, 0.3) is 0 Å². The van der Waals surface area contributed by atoms with Crippen molar-refractivity contribution in [3.05, 3.63) is 35.9 Å². The summed E-state index contributed by atoms with van der Waals surface area (Å²) in [6, 6.07) is 8.54. The number of urea groups is 1. The minimum atomic E-state index is -1.15. The second kappa shape index (κ2) is 9.59. The Bertz CT molecular complexity index is 689. The fourth-order valence-corrected chi connectivity index (χ4v) is 4.50. The smallest absolute Gasteiger partial charge is 0.318 e. The Kier molecular flexibility index (Phi) is 7.14. The highest BCUT2D eigenvalue weighted by Crippen LogP contribution is 2.37. The number of nitrogens with one attached hydrogen (secondary N) is 2. The van der Waals surface area contributed by atoms with E-state index in [4.69, 9.17) is 4.74 Å². The third-order valence-corrected chi connectivity index (χ3v) is 6.11. The summed E-state index contributed by atoms with van der Waals surface area (Å²) in [5, 5.41) is 17.2. The van der Waals surface area contributed by atoms with Crippen LogP contribution in [0.1, 0.15) is 57.1 Å². The zero-order valence-corrected chi connectivity index (χ0v) is 17.4. The van der Waals surface area contributed by atoms with Crippen LogP contribution in [0.3, 0.4) is 0 Å². The van der Waals surface area contributed by atoms with Crippen molar-refractivity contribution in [3.8, 4) is 0 Å².